The van der Waals surface area contributed by atoms with E-state index in [4.69, 9.17) is 4.42 Å². The zero-order valence-electron chi connectivity index (χ0n) is 14.2. The van der Waals surface area contributed by atoms with E-state index in [2.05, 4.69) is 20.8 Å². The Hall–Kier alpha value is -3.15. The summed E-state index contributed by atoms with van der Waals surface area (Å²) in [4.78, 5) is 12.3. The predicted molar refractivity (Wildman–Crippen MR) is 95.7 cm³/mol. The molecule has 0 bridgehead atoms. The van der Waals surface area contributed by atoms with Crippen LogP contribution in [0, 0.1) is 6.92 Å². The monoisotopic (exact) mass is 336 g/mol. The summed E-state index contributed by atoms with van der Waals surface area (Å²) >= 11 is 0. The smallest absolute Gasteiger partial charge is 0.251 e. The highest BCUT2D eigenvalue weighted by Crippen LogP contribution is 2.16. The fourth-order valence-corrected chi connectivity index (χ4v) is 2.35. The quantitative estimate of drug-likeness (QED) is 0.719. The van der Waals surface area contributed by atoms with Crippen LogP contribution < -0.4 is 10.6 Å². The van der Waals surface area contributed by atoms with Crippen LogP contribution in [0.25, 0.3) is 0 Å². The lowest BCUT2D eigenvalue weighted by molar-refractivity contribution is 0.0948. The molecule has 0 unspecified atom stereocenters. The number of furan rings is 1. The Labute approximate surface area is 146 Å². The van der Waals surface area contributed by atoms with Crippen molar-refractivity contribution in [2.24, 2.45) is 0 Å². The Kier molecular flexibility index (Phi) is 5.09. The van der Waals surface area contributed by atoms with E-state index in [0.29, 0.717) is 17.9 Å². The maximum atomic E-state index is 12.3. The molecule has 0 radical (unpaired) electrons. The molecule has 128 valence electrons. The number of anilines is 2. The van der Waals surface area contributed by atoms with Crippen LogP contribution in [-0.4, -0.2) is 16.1 Å². The van der Waals surface area contributed by atoms with Crippen molar-refractivity contribution in [1.29, 1.82) is 0 Å². The van der Waals surface area contributed by atoms with Gasteiger partial charge in [-0.2, -0.15) is 5.10 Å². The molecule has 0 atom stereocenters. The van der Waals surface area contributed by atoms with Gasteiger partial charge in [-0.1, -0.05) is 13.0 Å². The lowest BCUT2D eigenvalue weighted by Crippen LogP contribution is -2.22. The van der Waals surface area contributed by atoms with Crippen LogP contribution in [0.15, 0.2) is 52.9 Å². The molecule has 1 amide bonds. The van der Waals surface area contributed by atoms with Crippen LogP contribution in [0.3, 0.4) is 0 Å². The molecule has 6 nitrogen and oxygen atoms in total. The number of rotatable bonds is 6. The van der Waals surface area contributed by atoms with Crippen molar-refractivity contribution in [2.45, 2.75) is 26.8 Å². The van der Waals surface area contributed by atoms with Crippen molar-refractivity contribution in [1.82, 2.24) is 15.5 Å². The zero-order chi connectivity index (χ0) is 17.6. The van der Waals surface area contributed by atoms with Gasteiger partial charge in [0.05, 0.1) is 12.2 Å². The van der Waals surface area contributed by atoms with Gasteiger partial charge in [0.25, 0.3) is 5.91 Å². The Morgan fingerprint density at radius 2 is 2.00 bits per heavy atom. The molecule has 6 heteroatoms. The lowest BCUT2D eigenvalue weighted by Gasteiger charge is -2.08. The van der Waals surface area contributed by atoms with Gasteiger partial charge in [-0.25, -0.2) is 0 Å². The fourth-order valence-electron chi connectivity index (χ4n) is 2.35. The topological polar surface area (TPSA) is 80.0 Å². The Balaban J connectivity index is 1.64. The Bertz CT molecular complexity index is 856. The number of benzene rings is 1. The van der Waals surface area contributed by atoms with Gasteiger partial charge in [0.2, 0.25) is 0 Å². The largest absolute Gasteiger partial charge is 0.465 e. The number of amides is 1. The summed E-state index contributed by atoms with van der Waals surface area (Å²) in [5, 5.41) is 14.2. The number of carbonyl (C=O) groups excluding carboxylic acids is 1. The van der Waals surface area contributed by atoms with E-state index >= 15 is 0 Å². The van der Waals surface area contributed by atoms with Gasteiger partial charge in [0, 0.05) is 11.3 Å². The SMILES string of the molecule is CCc1ccc(Nc2cccc(C(=O)NCc3ccc(C)o3)c2)nn1. The maximum Gasteiger partial charge on any atom is 0.251 e. The van der Waals surface area contributed by atoms with Crippen LogP contribution in [0.5, 0.6) is 0 Å². The molecule has 0 saturated heterocycles. The number of nitrogens with zero attached hydrogens (tertiary/aromatic N) is 2. The minimum atomic E-state index is -0.162. The van der Waals surface area contributed by atoms with E-state index in [9.17, 15) is 4.79 Å². The molecular weight excluding hydrogens is 316 g/mol. The first-order valence-electron chi connectivity index (χ1n) is 8.17. The van der Waals surface area contributed by atoms with Crippen molar-refractivity contribution in [3.8, 4) is 0 Å². The van der Waals surface area contributed by atoms with Crippen LogP contribution >= 0.6 is 0 Å². The van der Waals surface area contributed by atoms with Crippen LogP contribution in [-0.2, 0) is 13.0 Å². The third-order valence-electron chi connectivity index (χ3n) is 3.70. The summed E-state index contributed by atoms with van der Waals surface area (Å²) in [6.07, 6.45) is 0.845. The van der Waals surface area contributed by atoms with Gasteiger partial charge >= 0.3 is 0 Å². The second-order valence-corrected chi connectivity index (χ2v) is 5.66. The van der Waals surface area contributed by atoms with E-state index in [-0.39, 0.29) is 5.91 Å². The summed E-state index contributed by atoms with van der Waals surface area (Å²) < 4.78 is 5.45. The van der Waals surface area contributed by atoms with Gasteiger partial charge in [-0.15, -0.1) is 5.10 Å². The molecule has 0 aliphatic rings. The molecule has 2 N–H and O–H groups in total. The number of hydrogen-bond acceptors (Lipinski definition) is 5. The standard InChI is InChI=1S/C19H20N4O2/c1-3-15-8-10-18(23-22-15)21-16-6-4-5-14(11-16)19(24)20-12-17-9-7-13(2)25-17/h4-11H,3,12H2,1-2H3,(H,20,24)(H,21,23). The lowest BCUT2D eigenvalue weighted by atomic mass is 10.2. The summed E-state index contributed by atoms with van der Waals surface area (Å²) in [5.41, 5.74) is 2.28. The number of aromatic nitrogens is 2. The van der Waals surface area contributed by atoms with Gasteiger partial charge in [0.15, 0.2) is 5.82 Å². The zero-order valence-corrected chi connectivity index (χ0v) is 14.2. The third kappa shape index (κ3) is 4.44. The third-order valence-corrected chi connectivity index (χ3v) is 3.70. The van der Waals surface area contributed by atoms with Crippen LogP contribution in [0.2, 0.25) is 0 Å². The second kappa shape index (κ2) is 7.61. The number of nitrogens with one attached hydrogen (secondary N) is 2. The number of hydrogen-bond donors (Lipinski definition) is 2. The maximum absolute atomic E-state index is 12.3. The van der Waals surface area contributed by atoms with E-state index < -0.39 is 0 Å². The van der Waals surface area contributed by atoms with Crippen molar-refractivity contribution >= 4 is 17.4 Å². The van der Waals surface area contributed by atoms with Gasteiger partial charge in [-0.05, 0) is 55.8 Å². The van der Waals surface area contributed by atoms with E-state index in [1.54, 1.807) is 12.1 Å². The summed E-state index contributed by atoms with van der Waals surface area (Å²) in [6, 6.07) is 14.8. The van der Waals surface area contributed by atoms with Gasteiger partial charge in [-0.3, -0.25) is 4.79 Å². The highest BCUT2D eigenvalue weighted by Gasteiger charge is 2.08. The first-order valence-corrected chi connectivity index (χ1v) is 8.17. The van der Waals surface area contributed by atoms with Crippen molar-refractivity contribution in [3.63, 3.8) is 0 Å². The molecular formula is C19H20N4O2. The first-order chi connectivity index (χ1) is 12.1. The van der Waals surface area contributed by atoms with Crippen LogP contribution in [0.4, 0.5) is 11.5 Å². The molecule has 0 fully saturated rings. The number of aryl methyl sites for hydroxylation is 2. The minimum Gasteiger partial charge on any atom is -0.465 e. The summed E-state index contributed by atoms with van der Waals surface area (Å²) in [5.74, 6) is 2.03. The second-order valence-electron chi connectivity index (χ2n) is 5.66. The molecule has 25 heavy (non-hydrogen) atoms. The highest BCUT2D eigenvalue weighted by molar-refractivity contribution is 5.95. The van der Waals surface area contributed by atoms with E-state index in [0.717, 1.165) is 29.3 Å². The average Bonchev–Trinajstić information content (AvgIpc) is 3.06. The molecule has 0 saturated carbocycles. The average molecular weight is 336 g/mol. The van der Waals surface area contributed by atoms with Gasteiger partial charge in [0.1, 0.15) is 11.5 Å². The fraction of sp³-hybridized carbons (Fsp3) is 0.211. The Morgan fingerprint density at radius 1 is 1.12 bits per heavy atom. The molecule has 0 spiro atoms. The van der Waals surface area contributed by atoms with E-state index in [1.807, 2.05) is 50.2 Å². The summed E-state index contributed by atoms with van der Waals surface area (Å²) in [6.45, 7) is 4.26. The van der Waals surface area contributed by atoms with Crippen molar-refractivity contribution in [3.05, 3.63) is 71.3 Å². The van der Waals surface area contributed by atoms with Gasteiger partial charge < -0.3 is 15.1 Å². The normalized spacial score (nSPS) is 10.5. The van der Waals surface area contributed by atoms with Crippen molar-refractivity contribution in [2.75, 3.05) is 5.32 Å². The van der Waals surface area contributed by atoms with E-state index in [1.165, 1.54) is 0 Å². The first kappa shape index (κ1) is 16.7. The molecule has 0 aliphatic heterocycles. The summed E-state index contributed by atoms with van der Waals surface area (Å²) in [7, 11) is 0. The molecule has 0 aliphatic carbocycles. The molecule has 1 aromatic carbocycles. The Morgan fingerprint density at radius 3 is 2.68 bits per heavy atom. The molecule has 3 aromatic rings. The highest BCUT2D eigenvalue weighted by atomic mass is 16.3. The van der Waals surface area contributed by atoms with Crippen molar-refractivity contribution < 1.29 is 9.21 Å². The number of carbonyl (C=O) groups is 1. The minimum absolute atomic E-state index is 0.162. The molecule has 2 aromatic heterocycles. The molecule has 3 rings (SSSR count). The van der Waals surface area contributed by atoms with Crippen LogP contribution in [0.1, 0.15) is 34.5 Å². The predicted octanol–water partition coefficient (Wildman–Crippen LogP) is 3.61. The molecule has 2 heterocycles.